The predicted octanol–water partition coefficient (Wildman–Crippen LogP) is 1.24. The van der Waals surface area contributed by atoms with Gasteiger partial charge in [-0.25, -0.2) is 0 Å². The highest BCUT2D eigenvalue weighted by molar-refractivity contribution is 5.79. The number of nitrogens with one attached hydrogen (secondary N) is 2. The summed E-state index contributed by atoms with van der Waals surface area (Å²) in [4.78, 5) is 40.8. The lowest BCUT2D eigenvalue weighted by atomic mass is 9.89. The normalized spacial score (nSPS) is 23.3. The summed E-state index contributed by atoms with van der Waals surface area (Å²) in [7, 11) is 1.63. The Hall–Kier alpha value is -3.03. The van der Waals surface area contributed by atoms with Gasteiger partial charge in [0.25, 0.3) is 5.56 Å². The summed E-state index contributed by atoms with van der Waals surface area (Å²) < 4.78 is 5.25. The lowest BCUT2D eigenvalue weighted by molar-refractivity contribution is -0.131. The fraction of sp³-hybridized carbons (Fsp3) is 0.476. The Kier molecular flexibility index (Phi) is 4.94. The van der Waals surface area contributed by atoms with E-state index in [0.717, 1.165) is 11.3 Å². The maximum absolute atomic E-state index is 12.9. The van der Waals surface area contributed by atoms with Crippen LogP contribution in [0.5, 0.6) is 5.75 Å². The van der Waals surface area contributed by atoms with E-state index in [1.165, 1.54) is 0 Å². The van der Waals surface area contributed by atoms with Crippen molar-refractivity contribution in [1.82, 2.24) is 20.0 Å². The van der Waals surface area contributed by atoms with Crippen LogP contribution in [0.25, 0.3) is 0 Å². The van der Waals surface area contributed by atoms with Gasteiger partial charge >= 0.3 is 0 Å². The molecular weight excluding hydrogens is 372 g/mol. The van der Waals surface area contributed by atoms with Crippen molar-refractivity contribution in [3.8, 4) is 5.75 Å². The van der Waals surface area contributed by atoms with Crippen molar-refractivity contribution in [2.24, 2.45) is 11.8 Å². The van der Waals surface area contributed by atoms with E-state index in [2.05, 4.69) is 10.2 Å². The number of ether oxygens (including phenoxy) is 1. The summed E-state index contributed by atoms with van der Waals surface area (Å²) in [5.74, 6) is 1.19. The van der Waals surface area contributed by atoms with E-state index in [1.807, 2.05) is 34.1 Å². The fourth-order valence-electron chi connectivity index (χ4n) is 4.75. The number of benzene rings is 1. The van der Waals surface area contributed by atoms with E-state index in [9.17, 15) is 14.4 Å². The van der Waals surface area contributed by atoms with E-state index >= 15 is 0 Å². The molecule has 3 atom stereocenters. The first-order valence-electron chi connectivity index (χ1n) is 9.84. The van der Waals surface area contributed by atoms with Crippen molar-refractivity contribution in [1.29, 1.82) is 0 Å². The molecule has 0 radical (unpaired) electrons. The Labute approximate surface area is 168 Å². The smallest absolute Gasteiger partial charge is 0.267 e. The monoisotopic (exact) mass is 398 g/mol. The third-order valence-corrected chi connectivity index (χ3v) is 6.30. The Morgan fingerprint density at radius 3 is 2.45 bits per heavy atom. The fourth-order valence-corrected chi connectivity index (χ4v) is 4.75. The third-order valence-electron chi connectivity index (χ3n) is 6.30. The first-order valence-corrected chi connectivity index (χ1v) is 9.84. The number of fused-ring (bicyclic) bond motifs is 1. The average molecular weight is 398 g/mol. The number of carbonyl (C=O) groups is 2. The Balaban J connectivity index is 1.54. The summed E-state index contributed by atoms with van der Waals surface area (Å²) in [6.07, 6.45) is 0.0910. The number of carbonyl (C=O) groups excluding carboxylic acids is 2. The van der Waals surface area contributed by atoms with Gasteiger partial charge in [-0.2, -0.15) is 0 Å². The highest BCUT2D eigenvalue weighted by atomic mass is 16.5. The van der Waals surface area contributed by atoms with Crippen LogP contribution < -0.4 is 10.3 Å². The van der Waals surface area contributed by atoms with Crippen LogP contribution in [-0.2, 0) is 16.0 Å². The van der Waals surface area contributed by atoms with Crippen LogP contribution in [0.1, 0.15) is 29.8 Å². The summed E-state index contributed by atoms with van der Waals surface area (Å²) in [5, 5.41) is 5.29. The predicted molar refractivity (Wildman–Crippen MR) is 107 cm³/mol. The van der Waals surface area contributed by atoms with Crippen molar-refractivity contribution < 1.29 is 14.3 Å². The van der Waals surface area contributed by atoms with Gasteiger partial charge in [0.15, 0.2) is 0 Å². The second-order valence-corrected chi connectivity index (χ2v) is 7.97. The summed E-state index contributed by atoms with van der Waals surface area (Å²) in [6.45, 7) is 5.22. The molecule has 8 heteroatoms. The highest BCUT2D eigenvalue weighted by Gasteiger charge is 2.49. The van der Waals surface area contributed by atoms with Crippen LogP contribution >= 0.6 is 0 Å². The number of amides is 2. The largest absolute Gasteiger partial charge is 0.497 e. The number of aryl methyl sites for hydroxylation is 1. The molecule has 1 aromatic heterocycles. The number of aromatic nitrogens is 2. The van der Waals surface area contributed by atoms with Gasteiger partial charge < -0.3 is 19.6 Å². The van der Waals surface area contributed by atoms with Crippen LogP contribution in [-0.4, -0.2) is 58.6 Å². The second-order valence-electron chi connectivity index (χ2n) is 7.97. The number of H-pyrrole nitrogens is 2. The van der Waals surface area contributed by atoms with Crippen molar-refractivity contribution in [3.63, 3.8) is 0 Å². The molecule has 1 aromatic carbocycles. The summed E-state index contributed by atoms with van der Waals surface area (Å²) in [6, 6.07) is 7.74. The minimum atomic E-state index is -0.242. The van der Waals surface area contributed by atoms with Crippen LogP contribution in [0.3, 0.4) is 0 Å². The molecule has 2 N–H and O–H groups in total. The first-order chi connectivity index (χ1) is 13.9. The molecule has 4 rings (SSSR count). The topological polar surface area (TPSA) is 98.5 Å². The highest BCUT2D eigenvalue weighted by Crippen LogP contribution is 2.45. The number of nitrogens with zero attached hydrogens (tertiary/aromatic N) is 2. The van der Waals surface area contributed by atoms with E-state index in [1.54, 1.807) is 21.0 Å². The molecule has 2 amide bonds. The van der Waals surface area contributed by atoms with Crippen molar-refractivity contribution in [2.75, 3.05) is 26.7 Å². The molecule has 2 aliphatic rings. The van der Waals surface area contributed by atoms with Gasteiger partial charge in [-0.1, -0.05) is 12.1 Å². The average Bonchev–Trinajstić information content (AvgIpc) is 3.36. The van der Waals surface area contributed by atoms with E-state index < -0.39 is 0 Å². The van der Waals surface area contributed by atoms with Crippen LogP contribution in [0.15, 0.2) is 29.1 Å². The van der Waals surface area contributed by atoms with Crippen molar-refractivity contribution >= 4 is 11.8 Å². The molecule has 2 aromatic rings. The van der Waals surface area contributed by atoms with E-state index in [0.29, 0.717) is 30.9 Å². The number of hydrogen-bond acceptors (Lipinski definition) is 4. The van der Waals surface area contributed by atoms with Gasteiger partial charge in [0.1, 0.15) is 5.75 Å². The number of likely N-dealkylation sites (tertiary alicyclic amines) is 2. The van der Waals surface area contributed by atoms with Crippen molar-refractivity contribution in [2.45, 2.75) is 26.3 Å². The zero-order valence-electron chi connectivity index (χ0n) is 16.9. The van der Waals surface area contributed by atoms with Crippen LogP contribution in [0.2, 0.25) is 0 Å². The molecule has 2 saturated heterocycles. The molecule has 0 unspecified atom stereocenters. The molecule has 0 spiro atoms. The van der Waals surface area contributed by atoms with Crippen LogP contribution in [0, 0.1) is 18.8 Å². The third kappa shape index (κ3) is 3.43. The quantitative estimate of drug-likeness (QED) is 0.810. The van der Waals surface area contributed by atoms with E-state index in [-0.39, 0.29) is 41.7 Å². The Morgan fingerprint density at radius 2 is 1.86 bits per heavy atom. The Morgan fingerprint density at radius 1 is 1.14 bits per heavy atom. The summed E-state index contributed by atoms with van der Waals surface area (Å²) in [5.41, 5.74) is 2.00. The van der Waals surface area contributed by atoms with Crippen LogP contribution in [0.4, 0.5) is 0 Å². The number of methoxy groups -OCH3 is 1. The first kappa shape index (κ1) is 19.3. The number of rotatable bonds is 4. The molecule has 29 heavy (non-hydrogen) atoms. The van der Waals surface area contributed by atoms with Gasteiger partial charge in [0, 0.05) is 49.7 Å². The molecule has 0 bridgehead atoms. The minimum Gasteiger partial charge on any atom is -0.497 e. The molecule has 3 heterocycles. The van der Waals surface area contributed by atoms with Gasteiger partial charge in [0.05, 0.1) is 19.6 Å². The standard InChI is InChI=1S/C21H26N4O4/c1-12-17(21(28)23-22-12)8-19(27)24-9-15-10-25(13(2)26)20(18(15)11-24)14-4-6-16(29-3)7-5-14/h4-7,15,18,20H,8-11H2,1-3H3,(H2,22,23,28)/t15-,18-,20+/m1/s1. The van der Waals surface area contributed by atoms with Gasteiger partial charge in [0.2, 0.25) is 11.8 Å². The van der Waals surface area contributed by atoms with E-state index in [4.69, 9.17) is 4.74 Å². The van der Waals surface area contributed by atoms with Crippen molar-refractivity contribution in [3.05, 3.63) is 51.4 Å². The van der Waals surface area contributed by atoms with Gasteiger partial charge in [-0.3, -0.25) is 19.5 Å². The minimum absolute atomic E-state index is 0.0459. The maximum atomic E-state index is 12.9. The number of hydrogen-bond donors (Lipinski definition) is 2. The lowest BCUT2D eigenvalue weighted by Crippen LogP contribution is -2.37. The molecule has 2 aliphatic heterocycles. The number of aromatic amines is 2. The second kappa shape index (κ2) is 7.42. The summed E-state index contributed by atoms with van der Waals surface area (Å²) >= 11 is 0. The molecule has 0 saturated carbocycles. The lowest BCUT2D eigenvalue weighted by Gasteiger charge is -2.29. The molecular formula is C21H26N4O4. The Bertz CT molecular complexity index is 977. The zero-order valence-corrected chi connectivity index (χ0v) is 16.9. The molecule has 8 nitrogen and oxygen atoms in total. The zero-order chi connectivity index (χ0) is 20.7. The van der Waals surface area contributed by atoms with Gasteiger partial charge in [-0.15, -0.1) is 0 Å². The molecule has 154 valence electrons. The maximum Gasteiger partial charge on any atom is 0.267 e. The van der Waals surface area contributed by atoms with Gasteiger partial charge in [-0.05, 0) is 24.6 Å². The molecule has 0 aliphatic carbocycles. The molecule has 2 fully saturated rings. The SMILES string of the molecule is COc1ccc([C@H]2[C@@H]3CN(C(=O)Cc4c(C)[nH][nH]c4=O)C[C@@H]3CN2C(C)=O)cc1.